The molecule has 1 N–H and O–H groups in total. The number of rotatable bonds is 8. The van der Waals surface area contributed by atoms with Crippen molar-refractivity contribution in [2.45, 2.75) is 39.2 Å². The number of aromatic nitrogens is 4. The van der Waals surface area contributed by atoms with Gasteiger partial charge in [0, 0.05) is 18.9 Å². The van der Waals surface area contributed by atoms with Crippen LogP contribution >= 0.6 is 0 Å². The van der Waals surface area contributed by atoms with E-state index in [0.29, 0.717) is 12.5 Å². The SMILES string of the molecule is CCCCCCNc1ncn(Cc2cccnc2)c(=O)n1. The van der Waals surface area contributed by atoms with Gasteiger partial charge in [0.1, 0.15) is 6.33 Å². The molecule has 2 aromatic rings. The molecule has 0 amide bonds. The number of nitrogens with one attached hydrogen (secondary N) is 1. The summed E-state index contributed by atoms with van der Waals surface area (Å²) in [5.41, 5.74) is 0.647. The van der Waals surface area contributed by atoms with Crippen LogP contribution in [0.15, 0.2) is 35.6 Å². The van der Waals surface area contributed by atoms with Gasteiger partial charge in [0.15, 0.2) is 0 Å². The van der Waals surface area contributed by atoms with Gasteiger partial charge in [-0.2, -0.15) is 4.98 Å². The molecule has 0 saturated heterocycles. The number of anilines is 1. The highest BCUT2D eigenvalue weighted by molar-refractivity contribution is 5.20. The zero-order chi connectivity index (χ0) is 14.9. The van der Waals surface area contributed by atoms with Crippen molar-refractivity contribution in [1.29, 1.82) is 0 Å². The molecule has 0 atom stereocenters. The highest BCUT2D eigenvalue weighted by Gasteiger charge is 2.02. The van der Waals surface area contributed by atoms with Crippen LogP contribution in [0.5, 0.6) is 0 Å². The van der Waals surface area contributed by atoms with Gasteiger partial charge >= 0.3 is 5.69 Å². The van der Waals surface area contributed by atoms with Gasteiger partial charge in [0.25, 0.3) is 0 Å². The van der Waals surface area contributed by atoms with Gasteiger partial charge < -0.3 is 5.32 Å². The Balaban J connectivity index is 1.90. The topological polar surface area (TPSA) is 72.7 Å². The molecular weight excluding hydrogens is 266 g/mol. The zero-order valence-electron chi connectivity index (χ0n) is 12.3. The lowest BCUT2D eigenvalue weighted by Gasteiger charge is -2.07. The van der Waals surface area contributed by atoms with Crippen LogP contribution in [-0.2, 0) is 6.54 Å². The molecule has 21 heavy (non-hydrogen) atoms. The minimum absolute atomic E-state index is 0.301. The lowest BCUT2D eigenvalue weighted by Crippen LogP contribution is -2.25. The minimum atomic E-state index is -0.301. The second-order valence-corrected chi connectivity index (χ2v) is 4.94. The van der Waals surface area contributed by atoms with E-state index in [2.05, 4.69) is 27.2 Å². The minimum Gasteiger partial charge on any atom is -0.354 e. The summed E-state index contributed by atoms with van der Waals surface area (Å²) in [4.78, 5) is 24.1. The molecule has 0 spiro atoms. The van der Waals surface area contributed by atoms with Crippen LogP contribution in [0.2, 0.25) is 0 Å². The predicted molar refractivity (Wildman–Crippen MR) is 82.3 cm³/mol. The summed E-state index contributed by atoms with van der Waals surface area (Å²) in [6.07, 6.45) is 9.64. The lowest BCUT2D eigenvalue weighted by atomic mass is 10.2. The van der Waals surface area contributed by atoms with E-state index in [4.69, 9.17) is 0 Å². The smallest absolute Gasteiger partial charge is 0.352 e. The quantitative estimate of drug-likeness (QED) is 0.752. The van der Waals surface area contributed by atoms with Gasteiger partial charge in [-0.25, -0.2) is 9.78 Å². The first-order chi connectivity index (χ1) is 10.3. The van der Waals surface area contributed by atoms with Crippen molar-refractivity contribution in [1.82, 2.24) is 19.5 Å². The van der Waals surface area contributed by atoms with E-state index in [1.54, 1.807) is 12.4 Å². The molecule has 112 valence electrons. The fourth-order valence-electron chi connectivity index (χ4n) is 1.99. The molecule has 0 unspecified atom stereocenters. The summed E-state index contributed by atoms with van der Waals surface area (Å²) in [5.74, 6) is 0.402. The Labute approximate surface area is 124 Å². The molecule has 2 heterocycles. The first-order valence-electron chi connectivity index (χ1n) is 7.36. The number of hydrogen-bond acceptors (Lipinski definition) is 5. The van der Waals surface area contributed by atoms with Crippen molar-refractivity contribution >= 4 is 5.95 Å². The average Bonchev–Trinajstić information content (AvgIpc) is 2.51. The number of nitrogens with zero attached hydrogens (tertiary/aromatic N) is 4. The van der Waals surface area contributed by atoms with Gasteiger partial charge in [-0.15, -0.1) is 0 Å². The van der Waals surface area contributed by atoms with Crippen molar-refractivity contribution in [3.63, 3.8) is 0 Å². The highest BCUT2D eigenvalue weighted by atomic mass is 16.1. The van der Waals surface area contributed by atoms with E-state index in [1.165, 1.54) is 30.2 Å². The fourth-order valence-corrected chi connectivity index (χ4v) is 1.99. The van der Waals surface area contributed by atoms with Gasteiger partial charge in [0.05, 0.1) is 6.54 Å². The second kappa shape index (κ2) is 8.14. The normalized spacial score (nSPS) is 10.5. The monoisotopic (exact) mass is 287 g/mol. The van der Waals surface area contributed by atoms with E-state index >= 15 is 0 Å². The largest absolute Gasteiger partial charge is 0.354 e. The molecule has 6 nitrogen and oxygen atoms in total. The van der Waals surface area contributed by atoms with Crippen molar-refractivity contribution in [3.05, 3.63) is 46.9 Å². The maximum absolute atomic E-state index is 11.9. The Morgan fingerprint density at radius 1 is 1.29 bits per heavy atom. The molecular formula is C15H21N5O. The molecule has 0 aliphatic carbocycles. The molecule has 0 bridgehead atoms. The van der Waals surface area contributed by atoms with E-state index in [1.807, 2.05) is 12.1 Å². The summed E-state index contributed by atoms with van der Waals surface area (Å²) in [7, 11) is 0. The molecule has 6 heteroatoms. The summed E-state index contributed by atoms with van der Waals surface area (Å²) < 4.78 is 1.47. The first kappa shape index (κ1) is 15.2. The first-order valence-corrected chi connectivity index (χ1v) is 7.36. The predicted octanol–water partition coefficient (Wildman–Crippen LogP) is 2.07. The Bertz CT molecular complexity index is 597. The number of pyridine rings is 1. The molecule has 0 aromatic carbocycles. The second-order valence-electron chi connectivity index (χ2n) is 4.94. The molecule has 2 aromatic heterocycles. The van der Waals surface area contributed by atoms with Crippen LogP contribution in [0.3, 0.4) is 0 Å². The standard InChI is InChI=1S/C15H21N5O/c1-2-3-4-5-9-17-14-18-12-20(15(21)19-14)11-13-7-6-8-16-10-13/h6-8,10,12H,2-5,9,11H2,1H3,(H,17,19,21). The molecule has 0 aliphatic rings. The van der Waals surface area contributed by atoms with Crippen molar-refractivity contribution < 1.29 is 0 Å². The number of unbranched alkanes of at least 4 members (excludes halogenated alkanes) is 3. The fraction of sp³-hybridized carbons (Fsp3) is 0.467. The van der Waals surface area contributed by atoms with Crippen molar-refractivity contribution in [2.75, 3.05) is 11.9 Å². The van der Waals surface area contributed by atoms with E-state index in [0.717, 1.165) is 18.5 Å². The Kier molecular flexibility index (Phi) is 5.87. The Hall–Kier alpha value is -2.24. The van der Waals surface area contributed by atoms with Crippen LogP contribution < -0.4 is 11.0 Å². The zero-order valence-corrected chi connectivity index (χ0v) is 12.3. The molecule has 0 saturated carbocycles. The highest BCUT2D eigenvalue weighted by Crippen LogP contribution is 2.01. The van der Waals surface area contributed by atoms with Crippen LogP contribution in [0, 0.1) is 0 Å². The number of hydrogen-bond donors (Lipinski definition) is 1. The Morgan fingerprint density at radius 2 is 2.19 bits per heavy atom. The van der Waals surface area contributed by atoms with Crippen molar-refractivity contribution in [2.24, 2.45) is 0 Å². The third-order valence-electron chi connectivity index (χ3n) is 3.16. The van der Waals surface area contributed by atoms with Crippen LogP contribution in [0.4, 0.5) is 5.95 Å². The van der Waals surface area contributed by atoms with E-state index in [-0.39, 0.29) is 5.69 Å². The molecule has 0 radical (unpaired) electrons. The van der Waals surface area contributed by atoms with Crippen LogP contribution in [0.25, 0.3) is 0 Å². The molecule has 0 fully saturated rings. The summed E-state index contributed by atoms with van der Waals surface area (Å²) >= 11 is 0. The van der Waals surface area contributed by atoms with Gasteiger partial charge in [0.2, 0.25) is 5.95 Å². The van der Waals surface area contributed by atoms with E-state index < -0.39 is 0 Å². The van der Waals surface area contributed by atoms with Gasteiger partial charge in [-0.1, -0.05) is 32.3 Å². The third-order valence-corrected chi connectivity index (χ3v) is 3.16. The third kappa shape index (κ3) is 4.98. The average molecular weight is 287 g/mol. The Morgan fingerprint density at radius 3 is 2.90 bits per heavy atom. The summed E-state index contributed by atoms with van der Waals surface area (Å²) in [6.45, 7) is 3.41. The molecule has 0 aliphatic heterocycles. The lowest BCUT2D eigenvalue weighted by molar-refractivity contribution is 0.675. The van der Waals surface area contributed by atoms with Crippen LogP contribution in [0.1, 0.15) is 38.2 Å². The van der Waals surface area contributed by atoms with Gasteiger partial charge in [-0.3, -0.25) is 9.55 Å². The summed E-state index contributed by atoms with van der Waals surface area (Å²) in [6, 6.07) is 3.76. The van der Waals surface area contributed by atoms with Crippen molar-refractivity contribution in [3.8, 4) is 0 Å². The maximum atomic E-state index is 11.9. The maximum Gasteiger partial charge on any atom is 0.352 e. The summed E-state index contributed by atoms with van der Waals surface area (Å²) in [5, 5.41) is 3.09. The van der Waals surface area contributed by atoms with Gasteiger partial charge in [-0.05, 0) is 18.1 Å². The van der Waals surface area contributed by atoms with E-state index in [9.17, 15) is 4.79 Å². The van der Waals surface area contributed by atoms with Crippen LogP contribution in [-0.4, -0.2) is 26.1 Å². The molecule has 2 rings (SSSR count).